The van der Waals surface area contributed by atoms with E-state index in [-0.39, 0.29) is 0 Å². The van der Waals surface area contributed by atoms with Crippen LogP contribution in [0.25, 0.3) is 5.69 Å². The van der Waals surface area contributed by atoms with E-state index in [2.05, 4.69) is 14.9 Å². The van der Waals surface area contributed by atoms with Crippen molar-refractivity contribution in [2.75, 3.05) is 14.2 Å². The maximum absolute atomic E-state index is 5.39. The fourth-order valence-electron chi connectivity index (χ4n) is 1.91. The van der Waals surface area contributed by atoms with E-state index in [0.29, 0.717) is 0 Å². The molecule has 4 heteroatoms. The highest BCUT2D eigenvalue weighted by molar-refractivity contribution is 5.48. The van der Waals surface area contributed by atoms with Gasteiger partial charge in [-0.3, -0.25) is 4.57 Å². The normalized spacial score (nSPS) is 10.5. The Kier molecular flexibility index (Phi) is 3.44. The molecule has 0 saturated heterocycles. The van der Waals surface area contributed by atoms with Crippen LogP contribution in [0.4, 0.5) is 0 Å². The van der Waals surface area contributed by atoms with Crippen molar-refractivity contribution in [3.8, 4) is 11.4 Å². The van der Waals surface area contributed by atoms with Crippen molar-refractivity contribution in [3.63, 3.8) is 0 Å². The number of hydrogen-bond donors (Lipinski definition) is 1. The SMILES string of the molecule is CNCc1ncc(C)n1-c1ccccc1OC. The minimum atomic E-state index is 0.728. The Balaban J connectivity index is 2.55. The van der Waals surface area contributed by atoms with Gasteiger partial charge < -0.3 is 10.1 Å². The number of benzene rings is 1. The molecule has 1 aromatic carbocycles. The molecule has 1 aromatic heterocycles. The van der Waals surface area contributed by atoms with E-state index in [4.69, 9.17) is 4.74 Å². The van der Waals surface area contributed by atoms with Crippen molar-refractivity contribution in [2.24, 2.45) is 0 Å². The summed E-state index contributed by atoms with van der Waals surface area (Å²) in [6.45, 7) is 2.77. The lowest BCUT2D eigenvalue weighted by Crippen LogP contribution is -2.12. The second-order valence-corrected chi connectivity index (χ2v) is 3.85. The van der Waals surface area contributed by atoms with Gasteiger partial charge in [0.1, 0.15) is 11.6 Å². The Morgan fingerprint density at radius 2 is 2.12 bits per heavy atom. The first-order valence-corrected chi connectivity index (χ1v) is 5.59. The van der Waals surface area contributed by atoms with E-state index in [0.717, 1.165) is 29.5 Å². The molecule has 0 fully saturated rings. The molecule has 0 bridgehead atoms. The molecule has 1 heterocycles. The van der Waals surface area contributed by atoms with E-state index in [1.807, 2.05) is 44.4 Å². The summed E-state index contributed by atoms with van der Waals surface area (Å²) in [5, 5.41) is 3.12. The second-order valence-electron chi connectivity index (χ2n) is 3.85. The second kappa shape index (κ2) is 5.01. The summed E-state index contributed by atoms with van der Waals surface area (Å²) >= 11 is 0. The van der Waals surface area contributed by atoms with Crippen LogP contribution in [-0.2, 0) is 6.54 Å². The van der Waals surface area contributed by atoms with E-state index in [1.165, 1.54) is 0 Å². The number of nitrogens with one attached hydrogen (secondary N) is 1. The number of nitrogens with zero attached hydrogens (tertiary/aromatic N) is 2. The van der Waals surface area contributed by atoms with Gasteiger partial charge in [0, 0.05) is 11.9 Å². The minimum absolute atomic E-state index is 0.728. The highest BCUT2D eigenvalue weighted by atomic mass is 16.5. The molecule has 0 unspecified atom stereocenters. The molecule has 0 amide bonds. The highest BCUT2D eigenvalue weighted by Crippen LogP contribution is 2.24. The zero-order valence-corrected chi connectivity index (χ0v) is 10.4. The van der Waals surface area contributed by atoms with Gasteiger partial charge in [-0.2, -0.15) is 0 Å². The van der Waals surface area contributed by atoms with Gasteiger partial charge in [-0.25, -0.2) is 4.98 Å². The number of hydrogen-bond acceptors (Lipinski definition) is 3. The van der Waals surface area contributed by atoms with Crippen LogP contribution in [0.15, 0.2) is 30.5 Å². The molecule has 4 nitrogen and oxygen atoms in total. The monoisotopic (exact) mass is 231 g/mol. The van der Waals surface area contributed by atoms with Gasteiger partial charge in [-0.1, -0.05) is 12.1 Å². The van der Waals surface area contributed by atoms with Crippen molar-refractivity contribution in [1.82, 2.24) is 14.9 Å². The van der Waals surface area contributed by atoms with E-state index < -0.39 is 0 Å². The zero-order chi connectivity index (χ0) is 12.3. The average molecular weight is 231 g/mol. The van der Waals surface area contributed by atoms with Gasteiger partial charge in [-0.05, 0) is 26.1 Å². The first kappa shape index (κ1) is 11.7. The Morgan fingerprint density at radius 1 is 1.35 bits per heavy atom. The number of aryl methyl sites for hydroxylation is 1. The third-order valence-electron chi connectivity index (χ3n) is 2.67. The number of ether oxygens (including phenoxy) is 1. The summed E-state index contributed by atoms with van der Waals surface area (Å²) < 4.78 is 7.49. The molecule has 0 atom stereocenters. The Morgan fingerprint density at radius 3 is 2.82 bits per heavy atom. The minimum Gasteiger partial charge on any atom is -0.495 e. The molecule has 0 spiro atoms. The van der Waals surface area contributed by atoms with E-state index in [1.54, 1.807) is 7.11 Å². The van der Waals surface area contributed by atoms with Crippen LogP contribution >= 0.6 is 0 Å². The van der Waals surface area contributed by atoms with Crippen molar-refractivity contribution in [2.45, 2.75) is 13.5 Å². The van der Waals surface area contributed by atoms with E-state index in [9.17, 15) is 0 Å². The van der Waals surface area contributed by atoms with Gasteiger partial charge in [-0.15, -0.1) is 0 Å². The van der Waals surface area contributed by atoms with Gasteiger partial charge >= 0.3 is 0 Å². The van der Waals surface area contributed by atoms with Crippen LogP contribution in [0.5, 0.6) is 5.75 Å². The Labute approximate surface area is 101 Å². The molecule has 2 aromatic rings. The molecular weight excluding hydrogens is 214 g/mol. The topological polar surface area (TPSA) is 39.1 Å². The Bertz CT molecular complexity index is 505. The highest BCUT2D eigenvalue weighted by Gasteiger charge is 2.11. The van der Waals surface area contributed by atoms with Crippen molar-refractivity contribution in [3.05, 3.63) is 42.0 Å². The first-order valence-electron chi connectivity index (χ1n) is 5.59. The van der Waals surface area contributed by atoms with Crippen LogP contribution < -0.4 is 10.1 Å². The molecule has 90 valence electrons. The lowest BCUT2D eigenvalue weighted by molar-refractivity contribution is 0.412. The summed E-state index contributed by atoms with van der Waals surface area (Å²) in [6, 6.07) is 7.96. The van der Waals surface area contributed by atoms with Gasteiger partial charge in [0.05, 0.1) is 19.3 Å². The lowest BCUT2D eigenvalue weighted by atomic mass is 10.2. The van der Waals surface area contributed by atoms with Gasteiger partial charge in [0.2, 0.25) is 0 Å². The van der Waals surface area contributed by atoms with Gasteiger partial charge in [0.25, 0.3) is 0 Å². The molecule has 0 radical (unpaired) electrons. The van der Waals surface area contributed by atoms with Crippen molar-refractivity contribution < 1.29 is 4.74 Å². The number of rotatable bonds is 4. The number of methoxy groups -OCH3 is 1. The maximum Gasteiger partial charge on any atom is 0.142 e. The van der Waals surface area contributed by atoms with Crippen LogP contribution in [0.1, 0.15) is 11.5 Å². The predicted octanol–water partition coefficient (Wildman–Crippen LogP) is 1.91. The molecule has 0 saturated carbocycles. The summed E-state index contributed by atoms with van der Waals surface area (Å²) in [4.78, 5) is 4.40. The van der Waals surface area contributed by atoms with E-state index >= 15 is 0 Å². The predicted molar refractivity (Wildman–Crippen MR) is 67.6 cm³/mol. The number of para-hydroxylation sites is 2. The molecule has 17 heavy (non-hydrogen) atoms. The van der Waals surface area contributed by atoms with Crippen LogP contribution in [0.3, 0.4) is 0 Å². The summed E-state index contributed by atoms with van der Waals surface area (Å²) in [6.07, 6.45) is 1.87. The van der Waals surface area contributed by atoms with Crippen molar-refractivity contribution >= 4 is 0 Å². The molecule has 0 aliphatic rings. The number of aromatic nitrogens is 2. The smallest absolute Gasteiger partial charge is 0.142 e. The van der Waals surface area contributed by atoms with Crippen molar-refractivity contribution in [1.29, 1.82) is 0 Å². The maximum atomic E-state index is 5.39. The van der Waals surface area contributed by atoms with Crippen LogP contribution in [-0.4, -0.2) is 23.7 Å². The van der Waals surface area contributed by atoms with Crippen LogP contribution in [0, 0.1) is 6.92 Å². The molecule has 1 N–H and O–H groups in total. The third kappa shape index (κ3) is 2.17. The third-order valence-corrected chi connectivity index (χ3v) is 2.67. The first-order chi connectivity index (χ1) is 8.27. The fraction of sp³-hybridized carbons (Fsp3) is 0.308. The molecular formula is C13H17N3O. The average Bonchev–Trinajstić information content (AvgIpc) is 2.71. The van der Waals surface area contributed by atoms with Crippen LogP contribution in [0.2, 0.25) is 0 Å². The molecule has 0 aliphatic carbocycles. The zero-order valence-electron chi connectivity index (χ0n) is 10.4. The van der Waals surface area contributed by atoms with Gasteiger partial charge in [0.15, 0.2) is 0 Å². The molecule has 2 rings (SSSR count). The summed E-state index contributed by atoms with van der Waals surface area (Å²) in [7, 11) is 3.60. The fourth-order valence-corrected chi connectivity index (χ4v) is 1.91. The Hall–Kier alpha value is -1.81. The number of imidazole rings is 1. The quantitative estimate of drug-likeness (QED) is 0.873. The lowest BCUT2D eigenvalue weighted by Gasteiger charge is -2.13. The standard InChI is InChI=1S/C13H17N3O/c1-10-8-15-13(9-14-2)16(10)11-6-4-5-7-12(11)17-3/h4-8,14H,9H2,1-3H3. The molecule has 0 aliphatic heterocycles. The summed E-state index contributed by atoms with van der Waals surface area (Å²) in [5.74, 6) is 1.83. The summed E-state index contributed by atoms with van der Waals surface area (Å²) in [5.41, 5.74) is 2.12. The largest absolute Gasteiger partial charge is 0.495 e.